The topological polar surface area (TPSA) is 137 Å². The van der Waals surface area contributed by atoms with E-state index in [2.05, 4.69) is 20.3 Å². The van der Waals surface area contributed by atoms with Crippen molar-refractivity contribution in [2.75, 3.05) is 24.9 Å². The number of sulfone groups is 1. The van der Waals surface area contributed by atoms with E-state index in [1.165, 1.54) is 39.4 Å². The number of amides is 1. The Kier molecular flexibility index (Phi) is 5.70. The summed E-state index contributed by atoms with van der Waals surface area (Å²) in [6.45, 7) is 1.40. The minimum atomic E-state index is -3.96. The highest BCUT2D eigenvalue weighted by Gasteiger charge is 2.51. The highest BCUT2D eigenvalue weighted by molar-refractivity contribution is 7.93. The lowest BCUT2D eigenvalue weighted by molar-refractivity contribution is 0.102. The zero-order valence-electron chi connectivity index (χ0n) is 17.0. The predicted molar refractivity (Wildman–Crippen MR) is 110 cm³/mol. The summed E-state index contributed by atoms with van der Waals surface area (Å²) in [6.07, 6.45) is 2.43. The van der Waals surface area contributed by atoms with Crippen molar-refractivity contribution < 1.29 is 26.7 Å². The van der Waals surface area contributed by atoms with Crippen molar-refractivity contribution in [3.05, 3.63) is 47.7 Å². The molecule has 1 amide bonds. The summed E-state index contributed by atoms with van der Waals surface area (Å²) < 4.78 is 57.7. The van der Waals surface area contributed by atoms with E-state index in [1.54, 1.807) is 0 Å². The molecule has 3 rings (SSSR count). The molecule has 0 bridgehead atoms. The first-order valence-corrected chi connectivity index (χ1v) is 10.7. The average molecular weight is 453 g/mol. The van der Waals surface area contributed by atoms with E-state index >= 15 is 0 Å². The maximum Gasteiger partial charge on any atom is 0.275 e. The van der Waals surface area contributed by atoms with Gasteiger partial charge < -0.3 is 15.8 Å². The monoisotopic (exact) mass is 453 g/mol. The Labute approximate surface area is 177 Å². The lowest BCUT2D eigenvalue weighted by Crippen LogP contribution is -2.56. The summed E-state index contributed by atoms with van der Waals surface area (Å²) in [5.74, 6) is -2.43. The number of methoxy groups -OCH3 is 1. The highest BCUT2D eigenvalue weighted by atomic mass is 32.2. The largest absolute Gasteiger partial charge is 0.480 e. The number of amidine groups is 1. The lowest BCUT2D eigenvalue weighted by atomic mass is 9.92. The summed E-state index contributed by atoms with van der Waals surface area (Å²) in [5.41, 5.74) is 3.47. The fraction of sp³-hybridized carbons (Fsp3) is 0.368. The van der Waals surface area contributed by atoms with Crippen LogP contribution in [0.1, 0.15) is 29.9 Å². The van der Waals surface area contributed by atoms with Crippen molar-refractivity contribution in [1.82, 2.24) is 9.97 Å². The molecule has 0 radical (unpaired) electrons. The molecule has 2 heterocycles. The smallest absolute Gasteiger partial charge is 0.275 e. The van der Waals surface area contributed by atoms with Gasteiger partial charge in [0.1, 0.15) is 34.3 Å². The maximum absolute atomic E-state index is 14.7. The molecule has 0 fully saturated rings. The molecular formula is C19H21F2N5O4S. The fourth-order valence-corrected chi connectivity index (χ4v) is 4.67. The number of carbonyl (C=O) groups is 1. The SMILES string of the molecule is COc1cnc(C(=O)Nc2ccc(F)c([C@@]3(CF)CS(=O)(=O)C(C)(C)C(N)=N3)c2)cn1. The second-order valence-corrected chi connectivity index (χ2v) is 10.1. The molecule has 1 aliphatic heterocycles. The quantitative estimate of drug-likeness (QED) is 0.702. The van der Waals surface area contributed by atoms with Gasteiger partial charge in [-0.15, -0.1) is 0 Å². The second-order valence-electron chi connectivity index (χ2n) is 7.52. The zero-order valence-corrected chi connectivity index (χ0v) is 17.8. The number of benzene rings is 1. The molecule has 1 aromatic heterocycles. The molecule has 2 aromatic rings. The van der Waals surface area contributed by atoms with Gasteiger partial charge in [-0.05, 0) is 32.0 Å². The number of hydrogen-bond acceptors (Lipinski definition) is 8. The van der Waals surface area contributed by atoms with Gasteiger partial charge in [0, 0.05) is 11.3 Å². The number of alkyl halides is 1. The number of aliphatic imine (C=N–C) groups is 1. The van der Waals surface area contributed by atoms with Crippen LogP contribution in [-0.2, 0) is 15.4 Å². The van der Waals surface area contributed by atoms with Crippen LogP contribution in [0.2, 0.25) is 0 Å². The number of nitrogens with zero attached hydrogens (tertiary/aromatic N) is 3. The van der Waals surface area contributed by atoms with Crippen LogP contribution in [0, 0.1) is 5.82 Å². The second kappa shape index (κ2) is 7.84. The van der Waals surface area contributed by atoms with Crippen LogP contribution in [-0.4, -0.2) is 54.4 Å². The standard InChI is InChI=1S/C19H21F2N5O4S/c1-18(2)17(22)26-19(9-20,10-31(18,28)29)12-6-11(4-5-13(12)21)25-16(27)14-7-24-15(30-3)8-23-14/h4-8H,9-10H2,1-3H3,(H2,22,26)(H,25,27)/t19-/m1/s1. The van der Waals surface area contributed by atoms with E-state index in [-0.39, 0.29) is 28.7 Å². The number of nitrogens with two attached hydrogens (primary N) is 1. The summed E-state index contributed by atoms with van der Waals surface area (Å²) >= 11 is 0. The summed E-state index contributed by atoms with van der Waals surface area (Å²) in [5, 5.41) is 2.49. The molecular weight excluding hydrogens is 432 g/mol. The van der Waals surface area contributed by atoms with Gasteiger partial charge in [-0.25, -0.2) is 27.2 Å². The Morgan fingerprint density at radius 3 is 2.55 bits per heavy atom. The molecule has 1 aliphatic rings. The van der Waals surface area contributed by atoms with Gasteiger partial charge in [-0.1, -0.05) is 0 Å². The molecule has 12 heteroatoms. The van der Waals surface area contributed by atoms with Gasteiger partial charge in [0.15, 0.2) is 9.84 Å². The molecule has 166 valence electrons. The number of aromatic nitrogens is 2. The number of ether oxygens (including phenoxy) is 1. The number of rotatable bonds is 5. The van der Waals surface area contributed by atoms with Gasteiger partial charge in [-0.2, -0.15) is 0 Å². The highest BCUT2D eigenvalue weighted by Crippen LogP contribution is 2.39. The maximum atomic E-state index is 14.7. The van der Waals surface area contributed by atoms with Gasteiger partial charge in [0.05, 0.1) is 25.3 Å². The molecule has 0 unspecified atom stereocenters. The molecule has 1 atom stereocenters. The molecule has 0 saturated heterocycles. The minimum absolute atomic E-state index is 0.0452. The van der Waals surface area contributed by atoms with E-state index in [0.29, 0.717) is 0 Å². The summed E-state index contributed by atoms with van der Waals surface area (Å²) in [4.78, 5) is 24.2. The number of carbonyl (C=O) groups excluding carboxylic acids is 1. The molecule has 0 saturated carbocycles. The normalized spacial score (nSPS) is 21.8. The van der Waals surface area contributed by atoms with Crippen molar-refractivity contribution in [3.8, 4) is 5.88 Å². The van der Waals surface area contributed by atoms with Crippen molar-refractivity contribution in [3.63, 3.8) is 0 Å². The van der Waals surface area contributed by atoms with Crippen LogP contribution < -0.4 is 15.8 Å². The van der Waals surface area contributed by atoms with Crippen LogP contribution in [0.4, 0.5) is 14.5 Å². The van der Waals surface area contributed by atoms with Crippen molar-refractivity contribution in [2.45, 2.75) is 24.1 Å². The Bertz CT molecular complexity index is 1150. The van der Waals surface area contributed by atoms with E-state index < -0.39 is 44.3 Å². The first kappa shape index (κ1) is 22.5. The first-order chi connectivity index (χ1) is 14.5. The Hall–Kier alpha value is -3.15. The molecule has 3 N–H and O–H groups in total. The first-order valence-electron chi connectivity index (χ1n) is 9.07. The van der Waals surface area contributed by atoms with E-state index in [1.807, 2.05) is 0 Å². The van der Waals surface area contributed by atoms with Crippen molar-refractivity contribution >= 4 is 27.3 Å². The third kappa shape index (κ3) is 3.94. The average Bonchev–Trinajstić information content (AvgIpc) is 2.73. The number of anilines is 1. The molecule has 9 nitrogen and oxygen atoms in total. The Morgan fingerprint density at radius 1 is 1.29 bits per heavy atom. The molecule has 31 heavy (non-hydrogen) atoms. The van der Waals surface area contributed by atoms with Gasteiger partial charge >= 0.3 is 0 Å². The van der Waals surface area contributed by atoms with E-state index in [0.717, 1.165) is 12.1 Å². The summed E-state index contributed by atoms with van der Waals surface area (Å²) in [7, 11) is -2.57. The van der Waals surface area contributed by atoms with E-state index in [4.69, 9.17) is 10.5 Å². The zero-order chi connectivity index (χ0) is 23.0. The van der Waals surface area contributed by atoms with Gasteiger partial charge in [-0.3, -0.25) is 9.79 Å². The summed E-state index contributed by atoms with van der Waals surface area (Å²) in [6, 6.07) is 3.36. The lowest BCUT2D eigenvalue weighted by Gasteiger charge is -2.38. The molecule has 0 aliphatic carbocycles. The minimum Gasteiger partial charge on any atom is -0.480 e. The van der Waals surface area contributed by atoms with Crippen LogP contribution in [0.25, 0.3) is 0 Å². The number of halogens is 2. The number of hydrogen-bond donors (Lipinski definition) is 2. The number of nitrogens with one attached hydrogen (secondary N) is 1. The van der Waals surface area contributed by atoms with Crippen LogP contribution in [0.5, 0.6) is 5.88 Å². The van der Waals surface area contributed by atoms with Crippen LogP contribution in [0.15, 0.2) is 35.6 Å². The van der Waals surface area contributed by atoms with E-state index in [9.17, 15) is 22.0 Å². The van der Waals surface area contributed by atoms with Crippen LogP contribution >= 0.6 is 0 Å². The third-order valence-corrected chi connectivity index (χ3v) is 7.80. The van der Waals surface area contributed by atoms with Crippen LogP contribution in [0.3, 0.4) is 0 Å². The fourth-order valence-electron chi connectivity index (χ4n) is 3.02. The Balaban J connectivity index is 2.00. The van der Waals surface area contributed by atoms with Gasteiger partial charge in [0.25, 0.3) is 5.91 Å². The Morgan fingerprint density at radius 2 is 2.00 bits per heavy atom. The predicted octanol–water partition coefficient (Wildman–Crippen LogP) is 1.61. The molecule has 1 aromatic carbocycles. The third-order valence-electron chi connectivity index (χ3n) is 5.17. The molecule has 0 spiro atoms. The van der Waals surface area contributed by atoms with Crippen molar-refractivity contribution in [2.24, 2.45) is 10.7 Å². The van der Waals surface area contributed by atoms with Gasteiger partial charge in [0.2, 0.25) is 5.88 Å². The van der Waals surface area contributed by atoms with Crippen molar-refractivity contribution in [1.29, 1.82) is 0 Å².